The zero-order valence-electron chi connectivity index (χ0n) is 13.6. The van der Waals surface area contributed by atoms with Crippen molar-refractivity contribution in [3.05, 3.63) is 36.0 Å². The summed E-state index contributed by atoms with van der Waals surface area (Å²) in [7, 11) is 0. The average molecular weight is 329 g/mol. The summed E-state index contributed by atoms with van der Waals surface area (Å²) in [6.07, 6.45) is 3.57. The van der Waals surface area contributed by atoms with Gasteiger partial charge >= 0.3 is 0 Å². The van der Waals surface area contributed by atoms with E-state index in [0.29, 0.717) is 18.7 Å². The maximum absolute atomic E-state index is 12.4. The lowest BCUT2D eigenvalue weighted by Gasteiger charge is -2.35. The Balaban J connectivity index is 1.59. The van der Waals surface area contributed by atoms with Crippen molar-refractivity contribution in [3.8, 4) is 0 Å². The van der Waals surface area contributed by atoms with Gasteiger partial charge in [-0.1, -0.05) is 18.2 Å². The highest BCUT2D eigenvalue weighted by atomic mass is 16.3. The van der Waals surface area contributed by atoms with Crippen LogP contribution in [0.15, 0.2) is 30.3 Å². The van der Waals surface area contributed by atoms with Crippen molar-refractivity contribution in [2.75, 3.05) is 19.7 Å². The Kier molecular flexibility index (Phi) is 5.15. The van der Waals surface area contributed by atoms with Gasteiger partial charge in [-0.3, -0.25) is 9.59 Å². The fraction of sp³-hybridized carbons (Fsp3) is 0.444. The minimum Gasteiger partial charge on any atom is -0.396 e. The van der Waals surface area contributed by atoms with Crippen molar-refractivity contribution in [2.45, 2.75) is 31.7 Å². The maximum Gasteiger partial charge on any atom is 0.268 e. The third-order valence-corrected chi connectivity index (χ3v) is 4.58. The molecular weight excluding hydrogens is 306 g/mol. The van der Waals surface area contributed by atoms with Crippen LogP contribution in [-0.4, -0.2) is 52.5 Å². The molecule has 1 aromatic heterocycles. The molecule has 1 fully saturated rings. The molecule has 1 atom stereocenters. The van der Waals surface area contributed by atoms with Crippen molar-refractivity contribution in [2.24, 2.45) is 0 Å². The normalized spacial score (nSPS) is 17.9. The van der Waals surface area contributed by atoms with Crippen LogP contribution in [0, 0.1) is 0 Å². The SMILES string of the molecule is O=C(NCC(=O)N1CCCCC1CCO)c1cc2ccccc2[nH]1. The number of piperidine rings is 1. The topological polar surface area (TPSA) is 85.4 Å². The number of amides is 2. The number of aliphatic hydroxyl groups excluding tert-OH is 1. The zero-order valence-corrected chi connectivity index (χ0v) is 13.6. The zero-order chi connectivity index (χ0) is 16.9. The van der Waals surface area contributed by atoms with Gasteiger partial charge in [-0.2, -0.15) is 0 Å². The first-order valence-corrected chi connectivity index (χ1v) is 8.45. The summed E-state index contributed by atoms with van der Waals surface area (Å²) < 4.78 is 0. The number of aromatic amines is 1. The number of H-pyrrole nitrogens is 1. The second kappa shape index (κ2) is 7.49. The predicted octanol–water partition coefficient (Wildman–Crippen LogP) is 1.66. The number of hydrogen-bond donors (Lipinski definition) is 3. The number of carbonyl (C=O) groups excluding carboxylic acids is 2. The number of fused-ring (bicyclic) bond motifs is 1. The Morgan fingerprint density at radius 2 is 2.12 bits per heavy atom. The highest BCUT2D eigenvalue weighted by Gasteiger charge is 2.26. The molecule has 0 bridgehead atoms. The van der Waals surface area contributed by atoms with E-state index >= 15 is 0 Å². The molecule has 1 aliphatic rings. The number of aliphatic hydroxyl groups is 1. The molecule has 1 aliphatic heterocycles. The number of nitrogens with zero attached hydrogens (tertiary/aromatic N) is 1. The van der Waals surface area contributed by atoms with Crippen LogP contribution in [0.2, 0.25) is 0 Å². The molecule has 6 heteroatoms. The summed E-state index contributed by atoms with van der Waals surface area (Å²) in [4.78, 5) is 29.5. The van der Waals surface area contributed by atoms with E-state index in [2.05, 4.69) is 10.3 Å². The number of para-hydroxylation sites is 1. The number of likely N-dealkylation sites (tertiary alicyclic amines) is 1. The van der Waals surface area contributed by atoms with Crippen molar-refractivity contribution in [3.63, 3.8) is 0 Å². The first-order chi connectivity index (χ1) is 11.7. The van der Waals surface area contributed by atoms with Gasteiger partial charge in [0.05, 0.1) is 6.54 Å². The Bertz CT molecular complexity index is 690. The van der Waals surface area contributed by atoms with Gasteiger partial charge < -0.3 is 20.3 Å². The van der Waals surface area contributed by atoms with Crippen molar-refractivity contribution >= 4 is 22.7 Å². The standard InChI is InChI=1S/C18H23N3O3/c22-10-8-14-6-3-4-9-21(14)17(23)12-19-18(24)16-11-13-5-1-2-7-15(13)20-16/h1-2,5,7,11,14,20,22H,3-4,6,8-10,12H2,(H,19,24). The third-order valence-electron chi connectivity index (χ3n) is 4.58. The third kappa shape index (κ3) is 3.59. The second-order valence-electron chi connectivity index (χ2n) is 6.20. The predicted molar refractivity (Wildman–Crippen MR) is 91.7 cm³/mol. The Hall–Kier alpha value is -2.34. The maximum atomic E-state index is 12.4. The molecule has 2 heterocycles. The van der Waals surface area contributed by atoms with Gasteiger partial charge in [0, 0.05) is 30.1 Å². The molecule has 24 heavy (non-hydrogen) atoms. The van der Waals surface area contributed by atoms with Gasteiger partial charge in [-0.25, -0.2) is 0 Å². The van der Waals surface area contributed by atoms with Gasteiger partial charge in [-0.05, 0) is 37.8 Å². The Morgan fingerprint density at radius 3 is 2.92 bits per heavy atom. The van der Waals surface area contributed by atoms with Gasteiger partial charge in [-0.15, -0.1) is 0 Å². The van der Waals surface area contributed by atoms with Crippen LogP contribution in [0.1, 0.15) is 36.2 Å². The fourth-order valence-corrected chi connectivity index (χ4v) is 3.33. The summed E-state index contributed by atoms with van der Waals surface area (Å²) in [5.41, 5.74) is 1.35. The molecule has 2 amide bonds. The lowest BCUT2D eigenvalue weighted by molar-refractivity contribution is -0.134. The van der Waals surface area contributed by atoms with E-state index < -0.39 is 0 Å². The van der Waals surface area contributed by atoms with E-state index in [4.69, 9.17) is 5.11 Å². The minimum absolute atomic E-state index is 0.0177. The van der Waals surface area contributed by atoms with E-state index in [1.807, 2.05) is 24.3 Å². The molecule has 6 nitrogen and oxygen atoms in total. The number of aromatic nitrogens is 1. The molecule has 128 valence electrons. The van der Waals surface area contributed by atoms with E-state index in [-0.39, 0.29) is 31.0 Å². The molecule has 0 radical (unpaired) electrons. The van der Waals surface area contributed by atoms with Gasteiger partial charge in [0.2, 0.25) is 5.91 Å². The van der Waals surface area contributed by atoms with Crippen LogP contribution in [0.5, 0.6) is 0 Å². The van der Waals surface area contributed by atoms with Crippen LogP contribution in [0.3, 0.4) is 0 Å². The summed E-state index contributed by atoms with van der Waals surface area (Å²) in [5, 5.41) is 12.8. The molecule has 2 aromatic rings. The van der Waals surface area contributed by atoms with Crippen LogP contribution in [0.4, 0.5) is 0 Å². The lowest BCUT2D eigenvalue weighted by Crippen LogP contribution is -2.48. The molecule has 0 spiro atoms. The highest BCUT2D eigenvalue weighted by Crippen LogP contribution is 2.19. The van der Waals surface area contributed by atoms with E-state index in [1.54, 1.807) is 11.0 Å². The van der Waals surface area contributed by atoms with Crippen molar-refractivity contribution < 1.29 is 14.7 Å². The quantitative estimate of drug-likeness (QED) is 0.780. The molecule has 3 N–H and O–H groups in total. The minimum atomic E-state index is -0.282. The van der Waals surface area contributed by atoms with E-state index in [0.717, 1.165) is 30.2 Å². The number of nitrogens with one attached hydrogen (secondary N) is 2. The van der Waals surface area contributed by atoms with Gasteiger partial charge in [0.15, 0.2) is 0 Å². The van der Waals surface area contributed by atoms with Crippen LogP contribution in [0.25, 0.3) is 10.9 Å². The van der Waals surface area contributed by atoms with Crippen LogP contribution < -0.4 is 5.32 Å². The molecule has 3 rings (SSSR count). The average Bonchev–Trinajstić information content (AvgIpc) is 3.04. The lowest BCUT2D eigenvalue weighted by atomic mass is 9.99. The summed E-state index contributed by atoms with van der Waals surface area (Å²) >= 11 is 0. The largest absolute Gasteiger partial charge is 0.396 e. The number of hydrogen-bond acceptors (Lipinski definition) is 3. The van der Waals surface area contributed by atoms with Gasteiger partial charge in [0.1, 0.15) is 5.69 Å². The summed E-state index contributed by atoms with van der Waals surface area (Å²) in [5.74, 6) is -0.368. The summed E-state index contributed by atoms with van der Waals surface area (Å²) in [6.45, 7) is 0.762. The van der Waals surface area contributed by atoms with Crippen molar-refractivity contribution in [1.29, 1.82) is 0 Å². The number of benzene rings is 1. The first-order valence-electron chi connectivity index (χ1n) is 8.45. The molecule has 0 aliphatic carbocycles. The number of carbonyl (C=O) groups is 2. The molecule has 1 saturated heterocycles. The molecular formula is C18H23N3O3. The summed E-state index contributed by atoms with van der Waals surface area (Å²) in [6, 6.07) is 9.53. The van der Waals surface area contributed by atoms with Gasteiger partial charge in [0.25, 0.3) is 5.91 Å². The monoisotopic (exact) mass is 329 g/mol. The molecule has 0 saturated carbocycles. The molecule has 1 aromatic carbocycles. The first kappa shape index (κ1) is 16.5. The van der Waals surface area contributed by atoms with Crippen LogP contribution in [-0.2, 0) is 4.79 Å². The Morgan fingerprint density at radius 1 is 1.29 bits per heavy atom. The molecule has 1 unspecified atom stereocenters. The van der Waals surface area contributed by atoms with Crippen LogP contribution >= 0.6 is 0 Å². The number of rotatable bonds is 5. The van der Waals surface area contributed by atoms with Crippen molar-refractivity contribution in [1.82, 2.24) is 15.2 Å². The van der Waals surface area contributed by atoms with E-state index in [1.165, 1.54) is 0 Å². The smallest absolute Gasteiger partial charge is 0.268 e. The fourth-order valence-electron chi connectivity index (χ4n) is 3.33. The highest BCUT2D eigenvalue weighted by molar-refractivity contribution is 5.99. The second-order valence-corrected chi connectivity index (χ2v) is 6.20. The van der Waals surface area contributed by atoms with E-state index in [9.17, 15) is 9.59 Å². The Labute approximate surface area is 140 Å².